The minimum atomic E-state index is -3.94. The van der Waals surface area contributed by atoms with Crippen LogP contribution < -0.4 is 31.8 Å². The molecule has 0 aliphatic carbocycles. The maximum atomic E-state index is 13.9. The number of hydrogen-bond acceptors (Lipinski definition) is 10. The summed E-state index contributed by atoms with van der Waals surface area (Å²) in [6, 6.07) is 6.67. The summed E-state index contributed by atoms with van der Waals surface area (Å²) < 4.78 is 157. The highest BCUT2D eigenvalue weighted by atomic mass is 127. The number of carbonyl (C=O) groups is 2. The van der Waals surface area contributed by atoms with E-state index in [4.69, 9.17) is 52.7 Å². The zero-order chi connectivity index (χ0) is 45.0. The van der Waals surface area contributed by atoms with Gasteiger partial charge in [0.15, 0.2) is 17.5 Å². The Morgan fingerprint density at radius 2 is 0.966 bits per heavy atom. The van der Waals surface area contributed by atoms with Crippen molar-refractivity contribution in [3.8, 4) is 0 Å². The van der Waals surface area contributed by atoms with Crippen molar-refractivity contribution in [3.05, 3.63) is 80.0 Å². The molecule has 3 aromatic rings. The van der Waals surface area contributed by atoms with E-state index in [1.807, 2.05) is 36.8 Å². The molecule has 0 aromatic heterocycles. The van der Waals surface area contributed by atoms with Crippen molar-refractivity contribution in [2.24, 2.45) is 5.73 Å². The molecular weight excluding hydrogens is 1030 g/mol. The van der Waals surface area contributed by atoms with Gasteiger partial charge in [-0.15, -0.1) is 0 Å². The number of benzene rings is 3. The molecular formula is C30H38Cl3F6IN6O9S3. The summed E-state index contributed by atoms with van der Waals surface area (Å²) >= 11 is 18.6. The molecule has 0 spiro atoms. The first-order valence-corrected chi connectivity index (χ1v) is 22.7. The quantitative estimate of drug-likeness (QED) is 0.0304. The fraction of sp³-hybridized carbons (Fsp3) is 0.333. The van der Waals surface area contributed by atoms with E-state index < -0.39 is 119 Å². The number of rotatable bonds is 17. The molecule has 28 heteroatoms. The van der Waals surface area contributed by atoms with Crippen LogP contribution in [0.15, 0.2) is 36.4 Å². The first-order valence-electron chi connectivity index (χ1n) is 15.8. The van der Waals surface area contributed by atoms with E-state index in [0.717, 1.165) is 30.3 Å². The Hall–Kier alpha value is -3.21. The van der Waals surface area contributed by atoms with Gasteiger partial charge in [-0.05, 0) is 60.6 Å². The minimum Gasteiger partial charge on any atom is -0.478 e. The van der Waals surface area contributed by atoms with E-state index in [-0.39, 0.29) is 51.9 Å². The number of sulfonamides is 3. The number of anilines is 4. The van der Waals surface area contributed by atoms with Gasteiger partial charge in [0.05, 0.1) is 80.7 Å². The minimum absolute atomic E-state index is 0. The van der Waals surface area contributed by atoms with Crippen molar-refractivity contribution >= 4 is 122 Å². The smallest absolute Gasteiger partial charge is 0.340 e. The van der Waals surface area contributed by atoms with E-state index in [1.165, 1.54) is 6.07 Å². The number of nitrogens with one attached hydrogen (secondary N) is 3. The van der Waals surface area contributed by atoms with Gasteiger partial charge < -0.3 is 22.7 Å². The number of amides is 1. The van der Waals surface area contributed by atoms with Crippen molar-refractivity contribution in [1.82, 2.24) is 6.15 Å². The molecule has 0 fully saturated rings. The van der Waals surface area contributed by atoms with Crippen LogP contribution in [0.25, 0.3) is 0 Å². The molecule has 0 saturated heterocycles. The number of hydrogen-bond donors (Lipinski definition) is 7. The molecule has 0 heterocycles. The first kappa shape index (κ1) is 54.8. The third-order valence-corrected chi connectivity index (χ3v) is 11.2. The van der Waals surface area contributed by atoms with Crippen molar-refractivity contribution in [2.75, 3.05) is 62.1 Å². The van der Waals surface area contributed by atoms with Crippen LogP contribution >= 0.6 is 57.4 Å². The van der Waals surface area contributed by atoms with Crippen LogP contribution in [0.4, 0.5) is 49.1 Å². The molecule has 0 bridgehead atoms. The Morgan fingerprint density at radius 3 is 1.28 bits per heavy atom. The van der Waals surface area contributed by atoms with Crippen LogP contribution in [0, 0.1) is 17.5 Å². The van der Waals surface area contributed by atoms with Crippen molar-refractivity contribution in [3.63, 3.8) is 0 Å². The molecule has 58 heavy (non-hydrogen) atoms. The highest BCUT2D eigenvalue weighted by Gasteiger charge is 2.22. The lowest BCUT2D eigenvalue weighted by Crippen LogP contribution is -2.20. The van der Waals surface area contributed by atoms with E-state index in [0.29, 0.717) is 4.91 Å². The summed E-state index contributed by atoms with van der Waals surface area (Å²) in [6.45, 7) is -2.40. The number of carboxylic acid groups (broad SMARTS) is 1. The third kappa shape index (κ3) is 19.2. The lowest BCUT2D eigenvalue weighted by Gasteiger charge is -2.10. The number of halogens is 10. The average molecular weight is 1070 g/mol. The number of nitrogens with two attached hydrogens (primary N) is 2. The molecule has 3 rings (SSSR count). The van der Waals surface area contributed by atoms with Gasteiger partial charge in [0.25, 0.3) is 5.91 Å². The zero-order valence-electron chi connectivity index (χ0n) is 30.6. The fourth-order valence-corrected chi connectivity index (χ4v) is 7.59. The number of primary amides is 1. The Morgan fingerprint density at radius 1 is 0.672 bits per heavy atom. The SMILES string of the molecule is N.NC(=O)c1c(Cl)ccc(NS(=O)(=O)CCCF)c1F.Nc1c(Cl)ccc(NS(=O)(=O)CCCF)c1F.O=C(O)c1c(Cl)ccc(NS(=O)(=O)CCCF)c1F.[2H]CI. The van der Waals surface area contributed by atoms with Gasteiger partial charge in [-0.3, -0.25) is 32.1 Å². The second kappa shape index (κ2) is 26.8. The standard InChI is InChI=1S/C10H11ClF2N2O3S.C10H10ClF2NO4S.C9H11ClF2N2O2S.CH3I.H3N/c11-6-2-3-7(9(13)8(6)10(14)16)15-19(17,18)5-1-4-12;11-6-2-3-7(9(13)8(6)10(15)16)14-19(17,18)5-1-4-12;10-6-2-3-7(8(12)9(6)13)14-17(15,16)5-1-4-11;1-2;/h2-3,15H,1,4-5H2,(H2,14,16);2-3,14H,1,4-5H2,(H,15,16);2-3,14H,1,4-5,13H2;1H3;1H3/i;;;1D;. The lowest BCUT2D eigenvalue weighted by molar-refractivity contribution is 0.0691. The highest BCUT2D eigenvalue weighted by Crippen LogP contribution is 2.29. The van der Waals surface area contributed by atoms with Gasteiger partial charge in [0.2, 0.25) is 30.1 Å². The topological polar surface area (TPSA) is 280 Å². The van der Waals surface area contributed by atoms with Gasteiger partial charge in [-0.2, -0.15) is 0 Å². The molecule has 0 atom stereocenters. The van der Waals surface area contributed by atoms with Gasteiger partial charge >= 0.3 is 5.97 Å². The van der Waals surface area contributed by atoms with Crippen LogP contribution in [0.2, 0.25) is 15.1 Å². The summed E-state index contributed by atoms with van der Waals surface area (Å²) in [5.41, 5.74) is 7.17. The summed E-state index contributed by atoms with van der Waals surface area (Å²) in [5, 5.41) is 8.18. The highest BCUT2D eigenvalue weighted by molar-refractivity contribution is 14.1. The molecule has 0 radical (unpaired) electrons. The molecule has 330 valence electrons. The first-order chi connectivity index (χ1) is 26.8. The Bertz CT molecular complexity index is 2110. The lowest BCUT2D eigenvalue weighted by atomic mass is 10.2. The normalized spacial score (nSPS) is 11.1. The zero-order valence-corrected chi connectivity index (χ0v) is 36.5. The third-order valence-electron chi connectivity index (χ3n) is 6.21. The second-order valence-electron chi connectivity index (χ2n) is 10.5. The average Bonchev–Trinajstić information content (AvgIpc) is 3.12. The summed E-state index contributed by atoms with van der Waals surface area (Å²) in [6.07, 6.45) is -0.608. The largest absolute Gasteiger partial charge is 0.478 e. The maximum absolute atomic E-state index is 13.9. The Balaban J connectivity index is 0. The number of alkyl halides is 4. The summed E-state index contributed by atoms with van der Waals surface area (Å²) in [7, 11) is -11.6. The number of nitrogen functional groups attached to an aromatic ring is 1. The van der Waals surface area contributed by atoms with Crippen LogP contribution in [0.5, 0.6) is 0 Å². The molecule has 0 saturated carbocycles. The van der Waals surface area contributed by atoms with Gasteiger partial charge in [-0.25, -0.2) is 43.2 Å². The maximum Gasteiger partial charge on any atom is 0.340 e. The molecule has 0 aliphatic heterocycles. The van der Waals surface area contributed by atoms with E-state index in [1.54, 1.807) is 0 Å². The molecule has 3 aromatic carbocycles. The molecule has 0 aliphatic rings. The molecule has 1 amide bonds. The number of carbonyl (C=O) groups excluding carboxylic acids is 1. The molecule has 0 unspecified atom stereocenters. The van der Waals surface area contributed by atoms with E-state index in [2.05, 4.69) is 0 Å². The predicted molar refractivity (Wildman–Crippen MR) is 223 cm³/mol. The van der Waals surface area contributed by atoms with Gasteiger partial charge in [0.1, 0.15) is 5.56 Å². The van der Waals surface area contributed by atoms with Crippen molar-refractivity contribution < 1.29 is 67.7 Å². The number of carboxylic acids is 1. The van der Waals surface area contributed by atoms with Crippen LogP contribution in [0.1, 0.15) is 41.3 Å². The second-order valence-corrected chi connectivity index (χ2v) is 17.2. The van der Waals surface area contributed by atoms with Crippen LogP contribution in [0.3, 0.4) is 0 Å². The van der Waals surface area contributed by atoms with Gasteiger partial charge in [-0.1, -0.05) is 57.4 Å². The molecule has 15 nitrogen and oxygen atoms in total. The summed E-state index contributed by atoms with van der Waals surface area (Å²) in [5.74, 6) is -7.59. The Labute approximate surface area is 360 Å². The fourth-order valence-electron chi connectivity index (χ4n) is 3.72. The van der Waals surface area contributed by atoms with Crippen LogP contribution in [-0.4, -0.2) is 84.4 Å². The van der Waals surface area contributed by atoms with E-state index >= 15 is 0 Å². The number of aromatic carboxylic acids is 1. The van der Waals surface area contributed by atoms with E-state index in [9.17, 15) is 61.2 Å². The Kier molecular flexibility index (Phi) is 25.3. The van der Waals surface area contributed by atoms with Crippen molar-refractivity contribution in [1.29, 1.82) is 0 Å². The van der Waals surface area contributed by atoms with Gasteiger partial charge in [0, 0.05) is 1.37 Å². The molecule has 11 N–H and O–H groups in total. The van der Waals surface area contributed by atoms with Crippen molar-refractivity contribution in [2.45, 2.75) is 19.3 Å². The van der Waals surface area contributed by atoms with Crippen LogP contribution in [-0.2, 0) is 30.1 Å². The predicted octanol–water partition coefficient (Wildman–Crippen LogP) is 7.33. The summed E-state index contributed by atoms with van der Waals surface area (Å²) in [4.78, 5) is 22.3. The monoisotopic (exact) mass is 1070 g/mol.